The van der Waals surface area contributed by atoms with Crippen LogP contribution in [-0.4, -0.2) is 22.6 Å². The van der Waals surface area contributed by atoms with Crippen molar-refractivity contribution in [2.24, 2.45) is 5.92 Å². The van der Waals surface area contributed by atoms with Crippen LogP contribution in [0.1, 0.15) is 23.5 Å². The minimum atomic E-state index is -1.39. The van der Waals surface area contributed by atoms with E-state index in [-0.39, 0.29) is 6.61 Å². The molecule has 1 aliphatic carbocycles. The third kappa shape index (κ3) is 2.93. The van der Waals surface area contributed by atoms with Gasteiger partial charge in [-0.05, 0) is 38.0 Å². The number of carbonyl (C=O) groups is 1. The molecule has 0 radical (unpaired) electrons. The molecule has 1 aromatic heterocycles. The van der Waals surface area contributed by atoms with Gasteiger partial charge in [0.2, 0.25) is 0 Å². The topological polar surface area (TPSA) is 52.1 Å². The maximum Gasteiger partial charge on any atom is 0.305 e. The van der Waals surface area contributed by atoms with E-state index in [0.29, 0.717) is 29.3 Å². The quantitative estimate of drug-likeness (QED) is 0.795. The van der Waals surface area contributed by atoms with Crippen LogP contribution in [0.5, 0.6) is 5.75 Å². The van der Waals surface area contributed by atoms with E-state index >= 15 is 0 Å². The Bertz CT molecular complexity index is 766. The second-order valence-corrected chi connectivity index (χ2v) is 5.88. The van der Waals surface area contributed by atoms with Crippen LogP contribution in [0.4, 0.5) is 8.78 Å². The lowest BCUT2D eigenvalue weighted by molar-refractivity contribution is -0.131. The lowest BCUT2D eigenvalue weighted by Crippen LogP contribution is -2.23. The maximum absolute atomic E-state index is 13.5. The van der Waals surface area contributed by atoms with E-state index in [1.165, 1.54) is 12.1 Å². The Labute approximate surface area is 132 Å². The van der Waals surface area contributed by atoms with E-state index in [9.17, 15) is 13.6 Å². The first kappa shape index (κ1) is 15.5. The molecule has 2 atom stereocenters. The van der Waals surface area contributed by atoms with Gasteiger partial charge in [0.1, 0.15) is 11.6 Å². The molecule has 4 nitrogen and oxygen atoms in total. The van der Waals surface area contributed by atoms with Crippen LogP contribution in [-0.2, 0) is 10.2 Å². The third-order valence-corrected chi connectivity index (χ3v) is 4.29. The van der Waals surface area contributed by atoms with Gasteiger partial charge < -0.3 is 4.74 Å². The number of nitrogens with zero attached hydrogens (tertiary/aromatic N) is 2. The van der Waals surface area contributed by atoms with Gasteiger partial charge in [0.05, 0.1) is 24.4 Å². The standard InChI is InChI=1S/C17H16F2N2O2/c1-10-15(8-20-11(2)21-10)23-9-17(7-14(17)16(19)22)12-4-3-5-13(18)6-12/h3-6,8,14H,7,9H2,1-2H3/t14-,17+/m0/s1. The number of carbonyl (C=O) groups excluding carboxylic acids is 1. The molecule has 0 unspecified atom stereocenters. The SMILES string of the molecule is Cc1ncc(OC[C@@]2(c3cccc(F)c3)C[C@H]2C(=O)F)c(C)n1. The fourth-order valence-corrected chi connectivity index (χ4v) is 2.88. The number of rotatable bonds is 5. The van der Waals surface area contributed by atoms with Gasteiger partial charge in [0.25, 0.3) is 0 Å². The predicted octanol–water partition coefficient (Wildman–Crippen LogP) is 3.07. The van der Waals surface area contributed by atoms with Gasteiger partial charge in [0, 0.05) is 5.41 Å². The highest BCUT2D eigenvalue weighted by Crippen LogP contribution is 2.55. The number of halogens is 2. The Morgan fingerprint density at radius 3 is 2.83 bits per heavy atom. The summed E-state index contributed by atoms with van der Waals surface area (Å²) < 4.78 is 32.4. The molecule has 0 bridgehead atoms. The highest BCUT2D eigenvalue weighted by Gasteiger charge is 2.60. The predicted molar refractivity (Wildman–Crippen MR) is 79.3 cm³/mol. The summed E-state index contributed by atoms with van der Waals surface area (Å²) in [6.07, 6.45) is 1.85. The molecule has 1 heterocycles. The van der Waals surface area contributed by atoms with Crippen molar-refractivity contribution in [3.8, 4) is 5.75 Å². The van der Waals surface area contributed by atoms with Crippen LogP contribution < -0.4 is 4.74 Å². The lowest BCUT2D eigenvalue weighted by Gasteiger charge is -2.18. The summed E-state index contributed by atoms with van der Waals surface area (Å²) in [5.41, 5.74) is 0.403. The van der Waals surface area contributed by atoms with Gasteiger partial charge in [-0.3, -0.25) is 4.79 Å². The van der Waals surface area contributed by atoms with Crippen molar-refractivity contribution in [3.05, 3.63) is 53.4 Å². The molecular weight excluding hydrogens is 302 g/mol. The van der Waals surface area contributed by atoms with Gasteiger partial charge in [-0.1, -0.05) is 12.1 Å². The van der Waals surface area contributed by atoms with Crippen molar-refractivity contribution in [2.75, 3.05) is 6.61 Å². The number of ether oxygens (including phenoxy) is 1. The Morgan fingerprint density at radius 2 is 2.22 bits per heavy atom. The van der Waals surface area contributed by atoms with Crippen molar-refractivity contribution in [1.82, 2.24) is 9.97 Å². The second-order valence-electron chi connectivity index (χ2n) is 5.88. The van der Waals surface area contributed by atoms with E-state index in [1.54, 1.807) is 32.2 Å². The average molecular weight is 318 g/mol. The molecule has 1 saturated carbocycles. The molecule has 1 aliphatic rings. The molecule has 1 aromatic carbocycles. The van der Waals surface area contributed by atoms with Crippen molar-refractivity contribution in [2.45, 2.75) is 25.7 Å². The first-order chi connectivity index (χ1) is 10.9. The number of aromatic nitrogens is 2. The second kappa shape index (κ2) is 5.68. The lowest BCUT2D eigenvalue weighted by atomic mass is 9.94. The summed E-state index contributed by atoms with van der Waals surface area (Å²) in [5, 5.41) is 0. The van der Waals surface area contributed by atoms with Gasteiger partial charge >= 0.3 is 6.04 Å². The zero-order valence-corrected chi connectivity index (χ0v) is 12.8. The van der Waals surface area contributed by atoms with E-state index in [2.05, 4.69) is 9.97 Å². The Balaban J connectivity index is 1.85. The smallest absolute Gasteiger partial charge is 0.305 e. The molecule has 2 aromatic rings. The summed E-state index contributed by atoms with van der Waals surface area (Å²) in [6.45, 7) is 3.62. The highest BCUT2D eigenvalue weighted by molar-refractivity contribution is 5.78. The van der Waals surface area contributed by atoms with Crippen molar-refractivity contribution in [1.29, 1.82) is 0 Å². The molecule has 1 fully saturated rings. The minimum Gasteiger partial charge on any atom is -0.489 e. The third-order valence-electron chi connectivity index (χ3n) is 4.29. The van der Waals surface area contributed by atoms with E-state index in [1.807, 2.05) is 0 Å². The van der Waals surface area contributed by atoms with Crippen LogP contribution in [0.2, 0.25) is 0 Å². The zero-order chi connectivity index (χ0) is 16.6. The molecule has 120 valence electrons. The summed E-state index contributed by atoms with van der Waals surface area (Å²) in [4.78, 5) is 19.4. The van der Waals surface area contributed by atoms with Gasteiger partial charge in [0.15, 0.2) is 5.75 Å². The van der Waals surface area contributed by atoms with Crippen LogP contribution >= 0.6 is 0 Å². The largest absolute Gasteiger partial charge is 0.489 e. The number of hydrogen-bond donors (Lipinski definition) is 0. The van der Waals surface area contributed by atoms with Gasteiger partial charge in [-0.15, -0.1) is 0 Å². The fraction of sp³-hybridized carbons (Fsp3) is 0.353. The van der Waals surface area contributed by atoms with Gasteiger partial charge in [-0.2, -0.15) is 4.39 Å². The Kier molecular flexibility index (Phi) is 3.83. The molecule has 0 spiro atoms. The minimum absolute atomic E-state index is 0.0735. The normalized spacial score (nSPS) is 22.7. The number of benzene rings is 1. The van der Waals surface area contributed by atoms with E-state index < -0.39 is 23.2 Å². The molecule has 0 N–H and O–H groups in total. The van der Waals surface area contributed by atoms with Crippen LogP contribution in [0.25, 0.3) is 0 Å². The Morgan fingerprint density at radius 1 is 1.43 bits per heavy atom. The molecule has 3 rings (SSSR count). The zero-order valence-electron chi connectivity index (χ0n) is 12.8. The molecule has 0 aliphatic heterocycles. The van der Waals surface area contributed by atoms with Crippen molar-refractivity contribution < 1.29 is 18.3 Å². The Hall–Kier alpha value is -2.37. The average Bonchev–Trinajstić information content (AvgIpc) is 3.23. The van der Waals surface area contributed by atoms with E-state index in [0.717, 1.165) is 0 Å². The number of aryl methyl sites for hydroxylation is 2. The number of hydrogen-bond acceptors (Lipinski definition) is 4. The summed E-state index contributed by atoms with van der Waals surface area (Å²) in [7, 11) is 0. The van der Waals surface area contributed by atoms with Crippen LogP contribution in [0, 0.1) is 25.6 Å². The highest BCUT2D eigenvalue weighted by atomic mass is 19.1. The first-order valence-electron chi connectivity index (χ1n) is 7.31. The summed E-state index contributed by atoms with van der Waals surface area (Å²) >= 11 is 0. The maximum atomic E-state index is 13.5. The van der Waals surface area contributed by atoms with Crippen molar-refractivity contribution in [3.63, 3.8) is 0 Å². The molecule has 0 amide bonds. The first-order valence-corrected chi connectivity index (χ1v) is 7.31. The van der Waals surface area contributed by atoms with Crippen LogP contribution in [0.3, 0.4) is 0 Å². The monoisotopic (exact) mass is 318 g/mol. The molecule has 6 heteroatoms. The van der Waals surface area contributed by atoms with E-state index in [4.69, 9.17) is 4.74 Å². The molecule has 0 saturated heterocycles. The van der Waals surface area contributed by atoms with Crippen molar-refractivity contribution >= 4 is 6.04 Å². The molecular formula is C17H16F2N2O2. The fourth-order valence-electron chi connectivity index (χ4n) is 2.88. The summed E-state index contributed by atoms with van der Waals surface area (Å²) in [5.74, 6) is -0.120. The molecule has 23 heavy (non-hydrogen) atoms. The van der Waals surface area contributed by atoms with Gasteiger partial charge in [-0.25, -0.2) is 14.4 Å². The summed E-state index contributed by atoms with van der Waals surface area (Å²) in [6, 6.07) is 4.48. The van der Waals surface area contributed by atoms with Crippen LogP contribution in [0.15, 0.2) is 30.5 Å².